The number of nitrogens with one attached hydrogen (secondary N) is 1. The normalized spacial score (nSPS) is 14.8. The summed E-state index contributed by atoms with van der Waals surface area (Å²) in [6.07, 6.45) is 4.51. The van der Waals surface area contributed by atoms with Crippen LogP contribution in [-0.2, 0) is 4.74 Å². The van der Waals surface area contributed by atoms with Crippen LogP contribution in [0.25, 0.3) is 5.70 Å². The van der Waals surface area contributed by atoms with E-state index in [0.29, 0.717) is 5.56 Å². The summed E-state index contributed by atoms with van der Waals surface area (Å²) in [5, 5.41) is 3.38. The number of methoxy groups -OCH3 is 1. The zero-order chi connectivity index (χ0) is 12.3. The third kappa shape index (κ3) is 2.49. The van der Waals surface area contributed by atoms with Crippen molar-refractivity contribution in [3.05, 3.63) is 41.0 Å². The van der Waals surface area contributed by atoms with Crippen LogP contribution in [0.3, 0.4) is 0 Å². The van der Waals surface area contributed by atoms with E-state index < -0.39 is 0 Å². The molecule has 0 spiro atoms. The molecule has 0 saturated carbocycles. The van der Waals surface area contributed by atoms with Crippen LogP contribution in [0.1, 0.15) is 34.3 Å². The minimum Gasteiger partial charge on any atom is -0.465 e. The van der Waals surface area contributed by atoms with Gasteiger partial charge in [0.25, 0.3) is 0 Å². The van der Waals surface area contributed by atoms with Crippen LogP contribution in [0.4, 0.5) is 0 Å². The molecule has 1 heterocycles. The SMILES string of the molecule is COC(=O)c1ccc(C2=CCCCN2)c(C)c1. The number of hydrogen-bond donors (Lipinski definition) is 1. The Morgan fingerprint density at radius 1 is 1.41 bits per heavy atom. The summed E-state index contributed by atoms with van der Waals surface area (Å²) in [7, 11) is 1.40. The largest absolute Gasteiger partial charge is 0.465 e. The molecule has 3 nitrogen and oxygen atoms in total. The molecule has 1 aromatic carbocycles. The monoisotopic (exact) mass is 231 g/mol. The first-order chi connectivity index (χ1) is 8.22. The van der Waals surface area contributed by atoms with Gasteiger partial charge in [0.1, 0.15) is 0 Å². The van der Waals surface area contributed by atoms with Crippen LogP contribution in [0.5, 0.6) is 0 Å². The Morgan fingerprint density at radius 2 is 2.24 bits per heavy atom. The van der Waals surface area contributed by atoms with E-state index in [9.17, 15) is 4.79 Å². The molecule has 1 aliphatic heterocycles. The van der Waals surface area contributed by atoms with Crippen molar-refractivity contribution >= 4 is 11.7 Å². The Balaban J connectivity index is 2.31. The zero-order valence-electron chi connectivity index (χ0n) is 10.2. The fraction of sp³-hybridized carbons (Fsp3) is 0.357. The highest BCUT2D eigenvalue weighted by atomic mass is 16.5. The van der Waals surface area contributed by atoms with Crippen LogP contribution in [0.2, 0.25) is 0 Å². The van der Waals surface area contributed by atoms with Crippen molar-refractivity contribution < 1.29 is 9.53 Å². The summed E-state index contributed by atoms with van der Waals surface area (Å²) in [6.45, 7) is 3.03. The average Bonchev–Trinajstić information content (AvgIpc) is 2.38. The van der Waals surface area contributed by atoms with E-state index in [0.717, 1.165) is 24.1 Å². The molecule has 3 heteroatoms. The first-order valence-corrected chi connectivity index (χ1v) is 5.86. The highest BCUT2D eigenvalue weighted by Crippen LogP contribution is 2.21. The standard InChI is InChI=1S/C14H17NO2/c1-10-9-11(14(16)17-2)6-7-12(10)13-5-3-4-8-15-13/h5-7,9,15H,3-4,8H2,1-2H3. The smallest absolute Gasteiger partial charge is 0.337 e. The van der Waals surface area contributed by atoms with Crippen LogP contribution < -0.4 is 5.32 Å². The summed E-state index contributed by atoms with van der Waals surface area (Å²) in [5.74, 6) is -0.287. The Bertz CT molecular complexity index is 463. The molecule has 1 aliphatic rings. The lowest BCUT2D eigenvalue weighted by molar-refractivity contribution is 0.0600. The molecule has 0 bridgehead atoms. The van der Waals surface area contributed by atoms with E-state index >= 15 is 0 Å². The van der Waals surface area contributed by atoms with Crippen LogP contribution in [0.15, 0.2) is 24.3 Å². The summed E-state index contributed by atoms with van der Waals surface area (Å²) >= 11 is 0. The summed E-state index contributed by atoms with van der Waals surface area (Å²) in [5.41, 5.74) is 4.03. The molecule has 0 aliphatic carbocycles. The fourth-order valence-corrected chi connectivity index (χ4v) is 2.06. The molecule has 90 valence electrons. The summed E-state index contributed by atoms with van der Waals surface area (Å²) < 4.78 is 4.71. The Kier molecular flexibility index (Phi) is 3.47. The molecular formula is C14H17NO2. The molecule has 0 amide bonds. The van der Waals surface area contributed by atoms with Crippen LogP contribution in [0, 0.1) is 6.92 Å². The lowest BCUT2D eigenvalue weighted by atomic mass is 10.00. The minimum atomic E-state index is -0.287. The molecule has 0 radical (unpaired) electrons. The molecule has 0 fully saturated rings. The van der Waals surface area contributed by atoms with E-state index in [1.807, 2.05) is 25.1 Å². The van der Waals surface area contributed by atoms with Crippen molar-refractivity contribution in [2.45, 2.75) is 19.8 Å². The molecule has 0 atom stereocenters. The lowest BCUT2D eigenvalue weighted by Gasteiger charge is -2.17. The van der Waals surface area contributed by atoms with Crippen molar-refractivity contribution in [2.24, 2.45) is 0 Å². The maximum absolute atomic E-state index is 11.4. The minimum absolute atomic E-state index is 0.287. The van der Waals surface area contributed by atoms with Gasteiger partial charge in [-0.2, -0.15) is 0 Å². The third-order valence-corrected chi connectivity index (χ3v) is 2.98. The van der Waals surface area contributed by atoms with Crippen molar-refractivity contribution in [1.29, 1.82) is 0 Å². The molecule has 0 aromatic heterocycles. The Hall–Kier alpha value is -1.77. The number of carbonyl (C=O) groups excluding carboxylic acids is 1. The molecule has 0 unspecified atom stereocenters. The van der Waals surface area contributed by atoms with Gasteiger partial charge in [0.05, 0.1) is 12.7 Å². The van der Waals surface area contributed by atoms with E-state index in [1.165, 1.54) is 19.2 Å². The summed E-state index contributed by atoms with van der Waals surface area (Å²) in [4.78, 5) is 11.4. The van der Waals surface area contributed by atoms with Gasteiger partial charge < -0.3 is 10.1 Å². The average molecular weight is 231 g/mol. The van der Waals surface area contributed by atoms with E-state index in [1.54, 1.807) is 0 Å². The topological polar surface area (TPSA) is 38.3 Å². The van der Waals surface area contributed by atoms with Crippen molar-refractivity contribution in [3.63, 3.8) is 0 Å². The molecule has 2 rings (SSSR count). The van der Waals surface area contributed by atoms with Gasteiger partial charge in [0.2, 0.25) is 0 Å². The van der Waals surface area contributed by atoms with Gasteiger partial charge in [-0.3, -0.25) is 0 Å². The maximum Gasteiger partial charge on any atom is 0.337 e. The van der Waals surface area contributed by atoms with Crippen LogP contribution in [-0.4, -0.2) is 19.6 Å². The number of ether oxygens (including phenoxy) is 1. The van der Waals surface area contributed by atoms with Gasteiger partial charge in [0, 0.05) is 17.8 Å². The molecule has 1 aromatic rings. The Morgan fingerprint density at radius 3 is 2.82 bits per heavy atom. The van der Waals surface area contributed by atoms with Crippen LogP contribution >= 0.6 is 0 Å². The molecule has 0 saturated heterocycles. The number of carbonyl (C=O) groups is 1. The number of hydrogen-bond acceptors (Lipinski definition) is 3. The number of benzene rings is 1. The number of aryl methyl sites for hydroxylation is 1. The third-order valence-electron chi connectivity index (χ3n) is 2.98. The molecular weight excluding hydrogens is 214 g/mol. The second-order valence-corrected chi connectivity index (χ2v) is 4.21. The fourth-order valence-electron chi connectivity index (χ4n) is 2.06. The van der Waals surface area contributed by atoms with Crippen molar-refractivity contribution in [2.75, 3.05) is 13.7 Å². The van der Waals surface area contributed by atoms with Gasteiger partial charge in [-0.15, -0.1) is 0 Å². The molecule has 1 N–H and O–H groups in total. The van der Waals surface area contributed by atoms with Gasteiger partial charge >= 0.3 is 5.97 Å². The predicted molar refractivity (Wildman–Crippen MR) is 67.7 cm³/mol. The van der Waals surface area contributed by atoms with E-state index in [-0.39, 0.29) is 5.97 Å². The first kappa shape index (κ1) is 11.7. The van der Waals surface area contributed by atoms with E-state index in [4.69, 9.17) is 4.74 Å². The first-order valence-electron chi connectivity index (χ1n) is 5.86. The highest BCUT2D eigenvalue weighted by Gasteiger charge is 2.11. The van der Waals surface area contributed by atoms with Crippen molar-refractivity contribution in [3.8, 4) is 0 Å². The second-order valence-electron chi connectivity index (χ2n) is 4.21. The second kappa shape index (κ2) is 5.04. The number of allylic oxidation sites excluding steroid dienone is 1. The molecule has 17 heavy (non-hydrogen) atoms. The number of esters is 1. The quantitative estimate of drug-likeness (QED) is 0.795. The van der Waals surface area contributed by atoms with Gasteiger partial charge in [-0.1, -0.05) is 12.1 Å². The summed E-state index contributed by atoms with van der Waals surface area (Å²) in [6, 6.07) is 5.66. The van der Waals surface area contributed by atoms with Crippen molar-refractivity contribution in [1.82, 2.24) is 5.32 Å². The van der Waals surface area contributed by atoms with Gasteiger partial charge in [-0.05, 0) is 37.5 Å². The number of rotatable bonds is 2. The van der Waals surface area contributed by atoms with Gasteiger partial charge in [-0.25, -0.2) is 4.79 Å². The predicted octanol–water partition coefficient (Wildman–Crippen LogP) is 2.51. The zero-order valence-corrected chi connectivity index (χ0v) is 10.2. The Labute approximate surface area is 101 Å². The maximum atomic E-state index is 11.4. The lowest BCUT2D eigenvalue weighted by Crippen LogP contribution is -2.18. The van der Waals surface area contributed by atoms with Gasteiger partial charge in [0.15, 0.2) is 0 Å². The highest BCUT2D eigenvalue weighted by molar-refractivity contribution is 5.90. The van der Waals surface area contributed by atoms with E-state index in [2.05, 4.69) is 11.4 Å².